The first kappa shape index (κ1) is 9.91. The Balaban J connectivity index is 1.99. The molecule has 0 aliphatic carbocycles. The van der Waals surface area contributed by atoms with Crippen LogP contribution in [-0.2, 0) is 12.8 Å². The van der Waals surface area contributed by atoms with E-state index in [9.17, 15) is 0 Å². The van der Waals surface area contributed by atoms with E-state index in [1.807, 2.05) is 12.4 Å². The highest BCUT2D eigenvalue weighted by atomic mass is 14.6. The van der Waals surface area contributed by atoms with E-state index in [-0.39, 0.29) is 0 Å². The number of nitrogens with zero attached hydrogens (tertiary/aromatic N) is 1. The van der Waals surface area contributed by atoms with Gasteiger partial charge in [-0.1, -0.05) is 36.4 Å². The van der Waals surface area contributed by atoms with Gasteiger partial charge in [-0.3, -0.25) is 4.98 Å². The summed E-state index contributed by atoms with van der Waals surface area (Å²) in [5.74, 6) is 0. The predicted molar refractivity (Wildman–Crippen MR) is 62.8 cm³/mol. The lowest BCUT2D eigenvalue weighted by Gasteiger charge is -2.02. The number of pyridine rings is 1. The molecule has 1 aromatic carbocycles. The minimum absolute atomic E-state index is 1.07. The third-order valence-electron chi connectivity index (χ3n) is 2.48. The van der Waals surface area contributed by atoms with E-state index in [0.717, 1.165) is 12.8 Å². The Bertz CT molecular complexity index is 420. The summed E-state index contributed by atoms with van der Waals surface area (Å²) in [6.45, 7) is 2.08. The average molecular weight is 197 g/mol. The van der Waals surface area contributed by atoms with Crippen LogP contribution in [0.25, 0.3) is 0 Å². The quantitative estimate of drug-likeness (QED) is 0.736. The van der Waals surface area contributed by atoms with Gasteiger partial charge < -0.3 is 0 Å². The summed E-state index contributed by atoms with van der Waals surface area (Å²) < 4.78 is 0. The second-order valence-electron chi connectivity index (χ2n) is 3.86. The highest BCUT2D eigenvalue weighted by Gasteiger charge is 1.95. The van der Waals surface area contributed by atoms with Crippen molar-refractivity contribution in [3.8, 4) is 0 Å². The van der Waals surface area contributed by atoms with Crippen LogP contribution in [-0.4, -0.2) is 4.98 Å². The number of benzene rings is 1. The van der Waals surface area contributed by atoms with Crippen LogP contribution in [0.15, 0.2) is 48.8 Å². The maximum Gasteiger partial charge on any atom is 0.0300 e. The molecule has 2 aromatic rings. The van der Waals surface area contributed by atoms with Crippen LogP contribution in [0.5, 0.6) is 0 Å². The fourth-order valence-electron chi connectivity index (χ4n) is 1.69. The van der Waals surface area contributed by atoms with Crippen molar-refractivity contribution in [2.24, 2.45) is 0 Å². The Kier molecular flexibility index (Phi) is 3.13. The molecule has 0 N–H and O–H groups in total. The molecule has 1 heterocycles. The smallest absolute Gasteiger partial charge is 0.0300 e. The second-order valence-corrected chi connectivity index (χ2v) is 3.86. The van der Waals surface area contributed by atoms with Crippen molar-refractivity contribution in [2.75, 3.05) is 0 Å². The molecule has 0 aliphatic heterocycles. The summed E-state index contributed by atoms with van der Waals surface area (Å²) in [5, 5.41) is 0. The monoisotopic (exact) mass is 197 g/mol. The van der Waals surface area contributed by atoms with Crippen LogP contribution in [0.2, 0.25) is 0 Å². The summed E-state index contributed by atoms with van der Waals surface area (Å²) in [5.41, 5.74) is 3.94. The molecule has 0 bridgehead atoms. The van der Waals surface area contributed by atoms with E-state index in [1.54, 1.807) is 0 Å². The molecule has 0 amide bonds. The van der Waals surface area contributed by atoms with Crippen molar-refractivity contribution in [2.45, 2.75) is 19.8 Å². The molecular formula is C14H15N. The standard InChI is InChI=1S/C14H15N/c1-12-9-14(11-15-10-12)8-7-13-5-3-2-4-6-13/h2-6,9-11H,7-8H2,1H3. The summed E-state index contributed by atoms with van der Waals surface area (Å²) in [6, 6.07) is 12.8. The van der Waals surface area contributed by atoms with E-state index in [1.165, 1.54) is 16.7 Å². The molecule has 0 aliphatic rings. The largest absolute Gasteiger partial charge is 0.264 e. The van der Waals surface area contributed by atoms with Crippen LogP contribution in [0, 0.1) is 6.92 Å². The van der Waals surface area contributed by atoms with Gasteiger partial charge in [-0.15, -0.1) is 0 Å². The molecule has 0 fully saturated rings. The number of rotatable bonds is 3. The predicted octanol–water partition coefficient (Wildman–Crippen LogP) is 3.18. The van der Waals surface area contributed by atoms with Gasteiger partial charge in [-0.2, -0.15) is 0 Å². The summed E-state index contributed by atoms with van der Waals surface area (Å²) in [6.07, 6.45) is 6.01. The van der Waals surface area contributed by atoms with Crippen LogP contribution >= 0.6 is 0 Å². The van der Waals surface area contributed by atoms with Gasteiger partial charge in [0.15, 0.2) is 0 Å². The van der Waals surface area contributed by atoms with Gasteiger partial charge in [0.2, 0.25) is 0 Å². The zero-order valence-corrected chi connectivity index (χ0v) is 8.98. The lowest BCUT2D eigenvalue weighted by atomic mass is 10.1. The number of hydrogen-bond donors (Lipinski definition) is 0. The summed E-state index contributed by atoms with van der Waals surface area (Å²) >= 11 is 0. The normalized spacial score (nSPS) is 10.2. The zero-order chi connectivity index (χ0) is 10.5. The zero-order valence-electron chi connectivity index (χ0n) is 8.98. The molecule has 0 saturated carbocycles. The summed E-state index contributed by atoms with van der Waals surface area (Å²) in [7, 11) is 0. The van der Waals surface area contributed by atoms with Crippen LogP contribution in [0.3, 0.4) is 0 Å². The molecule has 0 spiro atoms. The molecule has 1 nitrogen and oxygen atoms in total. The lowest BCUT2D eigenvalue weighted by Crippen LogP contribution is -1.92. The Labute approximate surface area is 90.8 Å². The van der Waals surface area contributed by atoms with E-state index in [0.29, 0.717) is 0 Å². The SMILES string of the molecule is Cc1cncc(CCc2ccccc2)c1. The first-order chi connectivity index (χ1) is 7.34. The Morgan fingerprint density at radius 1 is 0.933 bits per heavy atom. The number of hydrogen-bond acceptors (Lipinski definition) is 1. The maximum absolute atomic E-state index is 4.20. The van der Waals surface area contributed by atoms with Gasteiger partial charge in [0.05, 0.1) is 0 Å². The third kappa shape index (κ3) is 2.91. The first-order valence-corrected chi connectivity index (χ1v) is 5.29. The van der Waals surface area contributed by atoms with Crippen molar-refractivity contribution in [3.63, 3.8) is 0 Å². The molecule has 76 valence electrons. The maximum atomic E-state index is 4.20. The fraction of sp³-hybridized carbons (Fsp3) is 0.214. The van der Waals surface area contributed by atoms with Gasteiger partial charge in [0, 0.05) is 12.4 Å². The highest BCUT2D eigenvalue weighted by Crippen LogP contribution is 2.07. The van der Waals surface area contributed by atoms with E-state index < -0.39 is 0 Å². The van der Waals surface area contributed by atoms with E-state index >= 15 is 0 Å². The molecule has 1 heteroatoms. The fourth-order valence-corrected chi connectivity index (χ4v) is 1.69. The van der Waals surface area contributed by atoms with Crippen LogP contribution in [0.4, 0.5) is 0 Å². The Hall–Kier alpha value is -1.63. The third-order valence-corrected chi connectivity index (χ3v) is 2.48. The molecule has 0 atom stereocenters. The second kappa shape index (κ2) is 4.74. The Morgan fingerprint density at radius 2 is 1.67 bits per heavy atom. The molecule has 0 unspecified atom stereocenters. The number of aryl methyl sites for hydroxylation is 3. The van der Waals surface area contributed by atoms with Crippen molar-refractivity contribution < 1.29 is 0 Å². The van der Waals surface area contributed by atoms with Crippen molar-refractivity contribution >= 4 is 0 Å². The molecule has 1 aromatic heterocycles. The topological polar surface area (TPSA) is 12.9 Å². The van der Waals surface area contributed by atoms with Crippen LogP contribution in [0.1, 0.15) is 16.7 Å². The molecule has 0 radical (unpaired) electrons. The van der Waals surface area contributed by atoms with Gasteiger partial charge in [0.1, 0.15) is 0 Å². The minimum atomic E-state index is 1.07. The lowest BCUT2D eigenvalue weighted by molar-refractivity contribution is 0.946. The average Bonchev–Trinajstić information content (AvgIpc) is 2.28. The molecular weight excluding hydrogens is 182 g/mol. The highest BCUT2D eigenvalue weighted by molar-refractivity contribution is 5.20. The van der Waals surface area contributed by atoms with Gasteiger partial charge in [0.25, 0.3) is 0 Å². The van der Waals surface area contributed by atoms with E-state index in [4.69, 9.17) is 0 Å². The molecule has 0 saturated heterocycles. The Morgan fingerprint density at radius 3 is 2.40 bits per heavy atom. The van der Waals surface area contributed by atoms with Gasteiger partial charge >= 0.3 is 0 Å². The number of aromatic nitrogens is 1. The van der Waals surface area contributed by atoms with Gasteiger partial charge in [-0.25, -0.2) is 0 Å². The minimum Gasteiger partial charge on any atom is -0.264 e. The van der Waals surface area contributed by atoms with Crippen molar-refractivity contribution in [3.05, 3.63) is 65.5 Å². The van der Waals surface area contributed by atoms with E-state index in [2.05, 4.69) is 48.3 Å². The van der Waals surface area contributed by atoms with Crippen molar-refractivity contribution in [1.82, 2.24) is 4.98 Å². The van der Waals surface area contributed by atoms with Gasteiger partial charge in [-0.05, 0) is 36.5 Å². The summed E-state index contributed by atoms with van der Waals surface area (Å²) in [4.78, 5) is 4.20. The molecule has 2 rings (SSSR count). The first-order valence-electron chi connectivity index (χ1n) is 5.29. The van der Waals surface area contributed by atoms with Crippen LogP contribution < -0.4 is 0 Å². The van der Waals surface area contributed by atoms with Crippen molar-refractivity contribution in [1.29, 1.82) is 0 Å². The molecule has 15 heavy (non-hydrogen) atoms.